The van der Waals surface area contributed by atoms with Crippen molar-refractivity contribution in [2.75, 3.05) is 19.8 Å². The lowest BCUT2D eigenvalue weighted by molar-refractivity contribution is -0.0972. The highest BCUT2D eigenvalue weighted by Gasteiger charge is 2.39. The monoisotopic (exact) mass is 288 g/mol. The Morgan fingerprint density at radius 2 is 2.33 bits per heavy atom. The third-order valence-electron chi connectivity index (χ3n) is 4.38. The molecule has 4 nitrogen and oxygen atoms in total. The lowest BCUT2D eigenvalue weighted by Crippen LogP contribution is -2.43. The van der Waals surface area contributed by atoms with Crippen LogP contribution >= 0.6 is 0 Å². The summed E-state index contributed by atoms with van der Waals surface area (Å²) in [6.45, 7) is 7.01. The average Bonchev–Trinajstić information content (AvgIpc) is 2.91. The van der Waals surface area contributed by atoms with E-state index in [0.29, 0.717) is 25.4 Å². The fourth-order valence-corrected chi connectivity index (χ4v) is 3.39. The van der Waals surface area contributed by atoms with Gasteiger partial charge in [0.05, 0.1) is 31.1 Å². The van der Waals surface area contributed by atoms with Crippen LogP contribution in [0.1, 0.15) is 25.0 Å². The van der Waals surface area contributed by atoms with Crippen LogP contribution in [0.25, 0.3) is 0 Å². The first-order chi connectivity index (χ1) is 10.4. The largest absolute Gasteiger partial charge is 0.375 e. The van der Waals surface area contributed by atoms with Crippen LogP contribution in [0.3, 0.4) is 0 Å². The maximum Gasteiger partial charge on any atom is 0.0813 e. The molecule has 2 saturated heterocycles. The molecule has 0 amide bonds. The van der Waals surface area contributed by atoms with Gasteiger partial charge in [0.2, 0.25) is 0 Å². The zero-order chi connectivity index (χ0) is 14.5. The zero-order valence-corrected chi connectivity index (χ0v) is 12.5. The molecule has 1 aromatic rings. The first-order valence-electron chi connectivity index (χ1n) is 7.85. The SMILES string of the molecule is C=CCOC[C@@H]1CC[C@H]2[C@H](CCN2Cc2ccccn2)O1. The van der Waals surface area contributed by atoms with Gasteiger partial charge < -0.3 is 9.47 Å². The topological polar surface area (TPSA) is 34.6 Å². The summed E-state index contributed by atoms with van der Waals surface area (Å²) in [5.41, 5.74) is 1.15. The Hall–Kier alpha value is -1.23. The standard InChI is InChI=1S/C17H24N2O2/c1-2-11-20-13-15-6-7-16-17(21-15)8-10-19(16)12-14-5-3-4-9-18-14/h2-5,9,15-17H,1,6-8,10-13H2/t15-,16-,17-/m0/s1. The smallest absolute Gasteiger partial charge is 0.0813 e. The van der Waals surface area contributed by atoms with Gasteiger partial charge >= 0.3 is 0 Å². The lowest BCUT2D eigenvalue weighted by Gasteiger charge is -2.35. The molecule has 0 saturated carbocycles. The van der Waals surface area contributed by atoms with Gasteiger partial charge in [-0.25, -0.2) is 0 Å². The fraction of sp³-hybridized carbons (Fsp3) is 0.588. The number of hydrogen-bond donors (Lipinski definition) is 0. The molecule has 3 atom stereocenters. The van der Waals surface area contributed by atoms with Gasteiger partial charge in [0.1, 0.15) is 0 Å². The molecule has 0 aromatic carbocycles. The Kier molecular flexibility index (Phi) is 5.01. The van der Waals surface area contributed by atoms with Gasteiger partial charge in [0.25, 0.3) is 0 Å². The van der Waals surface area contributed by atoms with Crippen molar-refractivity contribution in [1.82, 2.24) is 9.88 Å². The summed E-state index contributed by atoms with van der Waals surface area (Å²) in [6.07, 6.45) is 7.66. The van der Waals surface area contributed by atoms with Crippen molar-refractivity contribution in [2.24, 2.45) is 0 Å². The summed E-state index contributed by atoms with van der Waals surface area (Å²) in [5, 5.41) is 0. The molecule has 0 aliphatic carbocycles. The van der Waals surface area contributed by atoms with Gasteiger partial charge in [-0.15, -0.1) is 6.58 Å². The van der Waals surface area contributed by atoms with Crippen LogP contribution in [0, 0.1) is 0 Å². The van der Waals surface area contributed by atoms with E-state index in [1.54, 1.807) is 6.08 Å². The Labute approximate surface area is 126 Å². The van der Waals surface area contributed by atoms with Gasteiger partial charge in [-0.2, -0.15) is 0 Å². The minimum atomic E-state index is 0.251. The van der Waals surface area contributed by atoms with E-state index in [1.165, 1.54) is 6.42 Å². The highest BCUT2D eigenvalue weighted by atomic mass is 16.5. The van der Waals surface area contributed by atoms with Crippen molar-refractivity contribution in [3.05, 3.63) is 42.7 Å². The van der Waals surface area contributed by atoms with Gasteiger partial charge in [-0.3, -0.25) is 9.88 Å². The Morgan fingerprint density at radius 3 is 3.14 bits per heavy atom. The molecule has 3 rings (SSSR count). The van der Waals surface area contributed by atoms with Crippen molar-refractivity contribution in [3.63, 3.8) is 0 Å². The predicted molar refractivity (Wildman–Crippen MR) is 82.0 cm³/mol. The lowest BCUT2D eigenvalue weighted by atomic mass is 9.99. The predicted octanol–water partition coefficient (Wildman–Crippen LogP) is 2.41. The maximum absolute atomic E-state index is 6.20. The normalized spacial score (nSPS) is 29.2. The molecule has 1 aromatic heterocycles. The molecular weight excluding hydrogens is 264 g/mol. The fourth-order valence-electron chi connectivity index (χ4n) is 3.39. The van der Waals surface area contributed by atoms with Crippen molar-refractivity contribution < 1.29 is 9.47 Å². The number of ether oxygens (including phenoxy) is 2. The summed E-state index contributed by atoms with van der Waals surface area (Å²) >= 11 is 0. The number of nitrogens with zero attached hydrogens (tertiary/aromatic N) is 2. The van der Waals surface area contributed by atoms with E-state index in [1.807, 2.05) is 12.3 Å². The molecule has 0 bridgehead atoms. The molecule has 114 valence electrons. The molecule has 0 N–H and O–H groups in total. The molecule has 2 aliphatic rings. The van der Waals surface area contributed by atoms with Crippen molar-refractivity contribution >= 4 is 0 Å². The van der Waals surface area contributed by atoms with E-state index in [4.69, 9.17) is 9.47 Å². The number of aromatic nitrogens is 1. The summed E-state index contributed by atoms with van der Waals surface area (Å²) in [7, 11) is 0. The summed E-state index contributed by atoms with van der Waals surface area (Å²) < 4.78 is 11.7. The minimum absolute atomic E-state index is 0.251. The third-order valence-corrected chi connectivity index (χ3v) is 4.38. The Morgan fingerprint density at radius 1 is 1.38 bits per heavy atom. The quantitative estimate of drug-likeness (QED) is 0.595. The maximum atomic E-state index is 6.20. The van der Waals surface area contributed by atoms with Crippen LogP contribution in [0.2, 0.25) is 0 Å². The third kappa shape index (κ3) is 3.70. The van der Waals surface area contributed by atoms with E-state index < -0.39 is 0 Å². The summed E-state index contributed by atoms with van der Waals surface area (Å²) in [5.74, 6) is 0. The van der Waals surface area contributed by atoms with Crippen LogP contribution in [0.5, 0.6) is 0 Å². The number of rotatable bonds is 6. The van der Waals surface area contributed by atoms with Crippen molar-refractivity contribution in [3.8, 4) is 0 Å². The second-order valence-corrected chi connectivity index (χ2v) is 5.85. The zero-order valence-electron chi connectivity index (χ0n) is 12.5. The molecule has 2 aliphatic heterocycles. The molecule has 0 spiro atoms. The van der Waals surface area contributed by atoms with Crippen LogP contribution in [-0.4, -0.2) is 47.9 Å². The number of hydrogen-bond acceptors (Lipinski definition) is 4. The second-order valence-electron chi connectivity index (χ2n) is 5.85. The molecular formula is C17H24N2O2. The van der Waals surface area contributed by atoms with E-state index in [2.05, 4.69) is 28.6 Å². The van der Waals surface area contributed by atoms with Gasteiger partial charge in [-0.1, -0.05) is 12.1 Å². The van der Waals surface area contributed by atoms with Crippen molar-refractivity contribution in [1.29, 1.82) is 0 Å². The second kappa shape index (κ2) is 7.16. The van der Waals surface area contributed by atoms with Crippen LogP contribution in [0.4, 0.5) is 0 Å². The van der Waals surface area contributed by atoms with Gasteiger partial charge in [0.15, 0.2) is 0 Å². The molecule has 4 heteroatoms. The van der Waals surface area contributed by atoms with E-state index >= 15 is 0 Å². The number of likely N-dealkylation sites (tertiary alicyclic amines) is 1. The Bertz CT molecular complexity index is 451. The Balaban J connectivity index is 1.51. The highest BCUT2D eigenvalue weighted by molar-refractivity contribution is 5.05. The summed E-state index contributed by atoms with van der Waals surface area (Å²) in [6, 6.07) is 6.67. The molecule has 21 heavy (non-hydrogen) atoms. The molecule has 2 fully saturated rings. The van der Waals surface area contributed by atoms with E-state index in [9.17, 15) is 0 Å². The van der Waals surface area contributed by atoms with Gasteiger partial charge in [-0.05, 0) is 31.4 Å². The molecule has 3 heterocycles. The molecule has 0 unspecified atom stereocenters. The first kappa shape index (κ1) is 14.7. The summed E-state index contributed by atoms with van der Waals surface area (Å²) in [4.78, 5) is 6.95. The average molecular weight is 288 g/mol. The molecule has 0 radical (unpaired) electrons. The van der Waals surface area contributed by atoms with Crippen LogP contribution < -0.4 is 0 Å². The van der Waals surface area contributed by atoms with Crippen LogP contribution in [-0.2, 0) is 16.0 Å². The minimum Gasteiger partial charge on any atom is -0.375 e. The van der Waals surface area contributed by atoms with Crippen molar-refractivity contribution in [2.45, 2.75) is 44.1 Å². The highest BCUT2D eigenvalue weighted by Crippen LogP contribution is 2.32. The van der Waals surface area contributed by atoms with Gasteiger partial charge in [0, 0.05) is 25.3 Å². The van der Waals surface area contributed by atoms with Crippen LogP contribution in [0.15, 0.2) is 37.1 Å². The van der Waals surface area contributed by atoms with E-state index in [-0.39, 0.29) is 6.10 Å². The van der Waals surface area contributed by atoms with E-state index in [0.717, 1.165) is 31.6 Å². The number of pyridine rings is 1. The number of fused-ring (bicyclic) bond motifs is 1. The first-order valence-corrected chi connectivity index (χ1v) is 7.85.